The second-order valence-electron chi connectivity index (χ2n) is 6.02. The fraction of sp³-hybridized carbons (Fsp3) is 0.222. The monoisotopic (exact) mass is 383 g/mol. The van der Waals surface area contributed by atoms with Crippen LogP contribution in [0, 0.1) is 18.3 Å². The molecule has 1 aromatic carbocycles. The highest BCUT2D eigenvalue weighted by atomic mass is 32.1. The Morgan fingerprint density at radius 2 is 2.26 bits per heavy atom. The topological polar surface area (TPSA) is 107 Å². The molecule has 1 fully saturated rings. The molecule has 0 bridgehead atoms. The summed E-state index contributed by atoms with van der Waals surface area (Å²) in [6.45, 7) is 3.43. The maximum absolute atomic E-state index is 12.9. The molecule has 3 rings (SSSR count). The van der Waals surface area contributed by atoms with Crippen molar-refractivity contribution in [3.05, 3.63) is 52.1 Å². The number of carbonyl (C=O) groups excluding carboxylic acids is 2. The molecular formula is C18H17N5O3S. The summed E-state index contributed by atoms with van der Waals surface area (Å²) in [5.41, 5.74) is 2.96. The summed E-state index contributed by atoms with van der Waals surface area (Å²) < 4.78 is 5.19. The molecule has 8 nitrogen and oxygen atoms in total. The molecular weight excluding hydrogens is 366 g/mol. The smallest absolute Gasteiger partial charge is 0.344 e. The SMILES string of the molecule is COc1cccc([C@]2(C)NC(=O)N(N/C=C(\C#N)c3nc(C)cs3)C2=O)c1. The van der Waals surface area contributed by atoms with E-state index in [1.807, 2.05) is 18.4 Å². The van der Waals surface area contributed by atoms with Crippen molar-refractivity contribution in [1.82, 2.24) is 20.7 Å². The molecule has 0 spiro atoms. The molecule has 9 heteroatoms. The minimum absolute atomic E-state index is 0.226. The van der Waals surface area contributed by atoms with Crippen LogP contribution in [0.5, 0.6) is 5.75 Å². The Balaban J connectivity index is 1.85. The van der Waals surface area contributed by atoms with Crippen LogP contribution in [0.25, 0.3) is 5.57 Å². The number of thiazole rings is 1. The van der Waals surface area contributed by atoms with Crippen molar-refractivity contribution in [1.29, 1.82) is 5.26 Å². The van der Waals surface area contributed by atoms with E-state index < -0.39 is 17.5 Å². The van der Waals surface area contributed by atoms with Gasteiger partial charge in [0.1, 0.15) is 27.9 Å². The summed E-state index contributed by atoms with van der Waals surface area (Å²) in [6.07, 6.45) is 1.30. The standard InChI is InChI=1S/C18H17N5O3S/c1-11-10-27-15(21-11)12(8-19)9-20-23-16(24)18(2,22-17(23)25)13-5-4-6-14(7-13)26-3/h4-7,9-10,20H,1-3H3,(H,22,25)/b12-9+/t18-/m0/s1. The number of hydrogen-bond acceptors (Lipinski definition) is 7. The first-order valence-corrected chi connectivity index (χ1v) is 8.87. The van der Waals surface area contributed by atoms with Crippen LogP contribution in [0.15, 0.2) is 35.8 Å². The van der Waals surface area contributed by atoms with Crippen molar-refractivity contribution in [2.24, 2.45) is 0 Å². The van der Waals surface area contributed by atoms with Gasteiger partial charge in [0.05, 0.1) is 7.11 Å². The van der Waals surface area contributed by atoms with Gasteiger partial charge < -0.3 is 10.1 Å². The number of aryl methyl sites for hydroxylation is 1. The molecule has 0 unspecified atom stereocenters. The van der Waals surface area contributed by atoms with Gasteiger partial charge in [-0.3, -0.25) is 10.2 Å². The van der Waals surface area contributed by atoms with Gasteiger partial charge in [-0.25, -0.2) is 9.78 Å². The second-order valence-corrected chi connectivity index (χ2v) is 6.88. The van der Waals surface area contributed by atoms with Gasteiger partial charge >= 0.3 is 6.03 Å². The highest BCUT2D eigenvalue weighted by Gasteiger charge is 2.49. The number of allylic oxidation sites excluding steroid dienone is 1. The largest absolute Gasteiger partial charge is 0.497 e. The van der Waals surface area contributed by atoms with Crippen molar-refractivity contribution in [3.63, 3.8) is 0 Å². The number of aromatic nitrogens is 1. The third-order valence-corrected chi connectivity index (χ3v) is 5.14. The van der Waals surface area contributed by atoms with E-state index in [0.717, 1.165) is 10.7 Å². The van der Waals surface area contributed by atoms with Crippen LogP contribution in [0.2, 0.25) is 0 Å². The third-order valence-electron chi connectivity index (χ3n) is 4.15. The maximum Gasteiger partial charge on any atom is 0.344 e. The van der Waals surface area contributed by atoms with Gasteiger partial charge in [-0.2, -0.15) is 10.3 Å². The highest BCUT2D eigenvalue weighted by Crippen LogP contribution is 2.30. The second kappa shape index (κ2) is 7.09. The molecule has 0 aliphatic carbocycles. The molecule has 1 saturated heterocycles. The van der Waals surface area contributed by atoms with Crippen LogP contribution in [-0.2, 0) is 10.3 Å². The highest BCUT2D eigenvalue weighted by molar-refractivity contribution is 7.10. The minimum Gasteiger partial charge on any atom is -0.497 e. The number of methoxy groups -OCH3 is 1. The van der Waals surface area contributed by atoms with Gasteiger partial charge in [-0.1, -0.05) is 12.1 Å². The predicted molar refractivity (Wildman–Crippen MR) is 99.3 cm³/mol. The van der Waals surface area contributed by atoms with Gasteiger partial charge in [-0.05, 0) is 31.5 Å². The van der Waals surface area contributed by atoms with Crippen LogP contribution in [0.1, 0.15) is 23.2 Å². The van der Waals surface area contributed by atoms with Crippen LogP contribution in [0.4, 0.5) is 4.79 Å². The number of carbonyl (C=O) groups is 2. The molecule has 138 valence electrons. The fourth-order valence-electron chi connectivity index (χ4n) is 2.63. The Kier molecular flexibility index (Phi) is 4.83. The van der Waals surface area contributed by atoms with E-state index in [9.17, 15) is 14.9 Å². The summed E-state index contributed by atoms with van der Waals surface area (Å²) in [7, 11) is 1.53. The van der Waals surface area contributed by atoms with Gasteiger partial charge in [0, 0.05) is 17.3 Å². The molecule has 0 saturated carbocycles. The Morgan fingerprint density at radius 3 is 2.89 bits per heavy atom. The first kappa shape index (κ1) is 18.4. The zero-order chi connectivity index (χ0) is 19.6. The van der Waals surface area contributed by atoms with E-state index in [-0.39, 0.29) is 5.57 Å². The first-order valence-electron chi connectivity index (χ1n) is 7.99. The molecule has 1 aromatic heterocycles. The Bertz CT molecular complexity index is 977. The van der Waals surface area contributed by atoms with Crippen molar-refractivity contribution < 1.29 is 14.3 Å². The maximum atomic E-state index is 12.9. The van der Waals surface area contributed by atoms with Gasteiger partial charge in [0.25, 0.3) is 5.91 Å². The predicted octanol–water partition coefficient (Wildman–Crippen LogP) is 2.30. The van der Waals surface area contributed by atoms with Crippen molar-refractivity contribution >= 4 is 28.8 Å². The Morgan fingerprint density at radius 1 is 1.48 bits per heavy atom. The van der Waals surface area contributed by atoms with E-state index in [0.29, 0.717) is 16.3 Å². The minimum atomic E-state index is -1.25. The molecule has 2 heterocycles. The molecule has 2 N–H and O–H groups in total. The van der Waals surface area contributed by atoms with E-state index in [2.05, 4.69) is 15.7 Å². The number of imide groups is 1. The summed E-state index contributed by atoms with van der Waals surface area (Å²) >= 11 is 1.31. The number of rotatable bonds is 5. The third kappa shape index (κ3) is 3.35. The van der Waals surface area contributed by atoms with Crippen LogP contribution in [0.3, 0.4) is 0 Å². The number of benzene rings is 1. The molecule has 3 amide bonds. The zero-order valence-corrected chi connectivity index (χ0v) is 15.8. The first-order chi connectivity index (χ1) is 12.9. The van der Waals surface area contributed by atoms with Crippen LogP contribution < -0.4 is 15.5 Å². The van der Waals surface area contributed by atoms with Crippen molar-refractivity contribution in [2.45, 2.75) is 19.4 Å². The number of amides is 3. The van der Waals surface area contributed by atoms with Crippen molar-refractivity contribution in [2.75, 3.05) is 7.11 Å². The van der Waals surface area contributed by atoms with E-state index in [4.69, 9.17) is 4.74 Å². The van der Waals surface area contributed by atoms with Gasteiger partial charge in [0.2, 0.25) is 0 Å². The normalized spacial score (nSPS) is 19.6. The Hall–Kier alpha value is -3.38. The lowest BCUT2D eigenvalue weighted by atomic mass is 9.92. The number of nitrogens with one attached hydrogen (secondary N) is 2. The lowest BCUT2D eigenvalue weighted by Gasteiger charge is -2.22. The molecule has 27 heavy (non-hydrogen) atoms. The van der Waals surface area contributed by atoms with Gasteiger partial charge in [0.15, 0.2) is 0 Å². The number of urea groups is 1. The fourth-order valence-corrected chi connectivity index (χ4v) is 3.40. The number of hydrazine groups is 1. The molecule has 1 aliphatic heterocycles. The number of hydrogen-bond donors (Lipinski definition) is 2. The zero-order valence-electron chi connectivity index (χ0n) is 14.9. The summed E-state index contributed by atoms with van der Waals surface area (Å²) in [5, 5.41) is 15.2. The summed E-state index contributed by atoms with van der Waals surface area (Å²) in [4.78, 5) is 29.5. The number of nitriles is 1. The lowest BCUT2D eigenvalue weighted by molar-refractivity contribution is -0.132. The summed E-state index contributed by atoms with van der Waals surface area (Å²) in [6, 6.07) is 8.32. The number of nitrogens with zero attached hydrogens (tertiary/aromatic N) is 3. The van der Waals surface area contributed by atoms with E-state index in [1.54, 1.807) is 31.2 Å². The van der Waals surface area contributed by atoms with E-state index in [1.165, 1.54) is 24.6 Å². The van der Waals surface area contributed by atoms with Crippen molar-refractivity contribution in [3.8, 4) is 11.8 Å². The Labute approximate surface area is 160 Å². The lowest BCUT2D eigenvalue weighted by Crippen LogP contribution is -2.43. The number of ether oxygens (including phenoxy) is 1. The van der Waals surface area contributed by atoms with Crippen LogP contribution >= 0.6 is 11.3 Å². The molecule has 0 radical (unpaired) electrons. The molecule has 2 aromatic rings. The van der Waals surface area contributed by atoms with Crippen LogP contribution in [-0.4, -0.2) is 29.0 Å². The molecule has 1 atom stereocenters. The summed E-state index contributed by atoms with van der Waals surface area (Å²) in [5.74, 6) is 0.0811. The van der Waals surface area contributed by atoms with Gasteiger partial charge in [-0.15, -0.1) is 11.3 Å². The molecule has 1 aliphatic rings. The average Bonchev–Trinajstić information content (AvgIpc) is 3.19. The average molecular weight is 383 g/mol. The van der Waals surface area contributed by atoms with E-state index >= 15 is 0 Å². The quantitative estimate of drug-likeness (QED) is 0.606.